The first kappa shape index (κ1) is 7.92. The monoisotopic (exact) mass is 151 g/mol. The second-order valence-electron chi connectivity index (χ2n) is 2.18. The molecule has 0 atom stereocenters. The second-order valence-corrected chi connectivity index (χ2v) is 2.18. The molecule has 0 amide bonds. The molecule has 0 unspecified atom stereocenters. The molecule has 11 heavy (non-hydrogen) atoms. The lowest BCUT2D eigenvalue weighted by molar-refractivity contribution is 0.0994. The zero-order valence-corrected chi connectivity index (χ0v) is 6.01. The van der Waals surface area contributed by atoms with E-state index in [-0.39, 0.29) is 18.0 Å². The minimum absolute atomic E-state index is 0.135. The predicted molar refractivity (Wildman–Crippen MR) is 40.7 cm³/mol. The Morgan fingerprint density at radius 2 is 2.27 bits per heavy atom. The standard InChI is InChI=1S/C9H8FO/c1-2-9(11)7-4-3-5-8(10)6-7/h3-6H,1-2H2. The van der Waals surface area contributed by atoms with Gasteiger partial charge in [-0.1, -0.05) is 12.1 Å². The topological polar surface area (TPSA) is 17.1 Å². The van der Waals surface area contributed by atoms with Gasteiger partial charge in [0.05, 0.1) is 0 Å². The highest BCUT2D eigenvalue weighted by Crippen LogP contribution is 2.05. The van der Waals surface area contributed by atoms with Gasteiger partial charge in [0.25, 0.3) is 0 Å². The molecule has 57 valence electrons. The van der Waals surface area contributed by atoms with Crippen LogP contribution in [0.4, 0.5) is 4.39 Å². The average molecular weight is 151 g/mol. The molecule has 0 aliphatic rings. The molecule has 1 rings (SSSR count). The van der Waals surface area contributed by atoms with Crippen LogP contribution in [-0.4, -0.2) is 5.78 Å². The largest absolute Gasteiger partial charge is 0.294 e. The summed E-state index contributed by atoms with van der Waals surface area (Å²) in [7, 11) is 0. The van der Waals surface area contributed by atoms with E-state index in [2.05, 4.69) is 6.92 Å². The summed E-state index contributed by atoms with van der Waals surface area (Å²) in [6, 6.07) is 5.61. The highest BCUT2D eigenvalue weighted by molar-refractivity contribution is 5.96. The molecule has 1 aromatic rings. The van der Waals surface area contributed by atoms with Crippen molar-refractivity contribution < 1.29 is 9.18 Å². The number of Topliss-reactive ketones (excluding diaryl/α,β-unsaturated/α-hetero) is 1. The Morgan fingerprint density at radius 3 is 2.82 bits per heavy atom. The number of carbonyl (C=O) groups excluding carboxylic acids is 1. The summed E-state index contributed by atoms with van der Waals surface area (Å²) in [5.41, 5.74) is 0.389. The number of halogens is 1. The number of hydrogen-bond donors (Lipinski definition) is 0. The van der Waals surface area contributed by atoms with E-state index in [1.165, 1.54) is 18.2 Å². The molecule has 0 heterocycles. The van der Waals surface area contributed by atoms with Gasteiger partial charge in [-0.05, 0) is 19.1 Å². The Labute approximate surface area is 64.9 Å². The van der Waals surface area contributed by atoms with Gasteiger partial charge in [-0.15, -0.1) is 0 Å². The normalized spacial score (nSPS) is 9.64. The molecule has 1 nitrogen and oxygen atoms in total. The molecule has 1 aromatic carbocycles. The first-order valence-electron chi connectivity index (χ1n) is 3.32. The van der Waals surface area contributed by atoms with Crippen molar-refractivity contribution >= 4 is 5.78 Å². The van der Waals surface area contributed by atoms with Crippen molar-refractivity contribution in [3.05, 3.63) is 42.6 Å². The van der Waals surface area contributed by atoms with Crippen molar-refractivity contribution in [1.82, 2.24) is 0 Å². The SMILES string of the molecule is [CH2]CC(=O)c1cccc(F)c1. The lowest BCUT2D eigenvalue weighted by Gasteiger charge is -1.95. The van der Waals surface area contributed by atoms with E-state index in [0.717, 1.165) is 0 Å². The van der Waals surface area contributed by atoms with Crippen LogP contribution < -0.4 is 0 Å². The first-order chi connectivity index (χ1) is 5.24. The van der Waals surface area contributed by atoms with Crippen LogP contribution in [0.2, 0.25) is 0 Å². The maximum atomic E-state index is 12.5. The van der Waals surface area contributed by atoms with E-state index in [0.29, 0.717) is 5.56 Å². The number of carbonyl (C=O) groups is 1. The summed E-state index contributed by atoms with van der Waals surface area (Å²) in [6.45, 7) is 3.42. The third kappa shape index (κ3) is 1.87. The molecule has 0 fully saturated rings. The van der Waals surface area contributed by atoms with Crippen molar-refractivity contribution in [3.63, 3.8) is 0 Å². The molecule has 0 aromatic heterocycles. The van der Waals surface area contributed by atoms with E-state index in [1.807, 2.05) is 0 Å². The predicted octanol–water partition coefficient (Wildman–Crippen LogP) is 2.23. The minimum Gasteiger partial charge on any atom is -0.294 e. The van der Waals surface area contributed by atoms with Crippen LogP contribution in [0.15, 0.2) is 24.3 Å². The maximum absolute atomic E-state index is 12.5. The lowest BCUT2D eigenvalue weighted by atomic mass is 10.1. The van der Waals surface area contributed by atoms with Crippen LogP contribution in [0.1, 0.15) is 16.8 Å². The number of ketones is 1. The second kappa shape index (κ2) is 3.28. The van der Waals surface area contributed by atoms with Gasteiger partial charge in [-0.3, -0.25) is 4.79 Å². The van der Waals surface area contributed by atoms with Crippen LogP contribution in [-0.2, 0) is 0 Å². The van der Waals surface area contributed by atoms with Gasteiger partial charge in [0.2, 0.25) is 0 Å². The van der Waals surface area contributed by atoms with Gasteiger partial charge >= 0.3 is 0 Å². The summed E-state index contributed by atoms with van der Waals surface area (Å²) in [5.74, 6) is -0.520. The Balaban J connectivity index is 2.96. The summed E-state index contributed by atoms with van der Waals surface area (Å²) < 4.78 is 12.5. The lowest BCUT2D eigenvalue weighted by Crippen LogP contribution is -1.96. The molecule has 0 N–H and O–H groups in total. The summed E-state index contributed by atoms with van der Waals surface area (Å²) >= 11 is 0. The van der Waals surface area contributed by atoms with Gasteiger partial charge in [0.15, 0.2) is 5.78 Å². The molecule has 0 aliphatic carbocycles. The van der Waals surface area contributed by atoms with Crippen molar-refractivity contribution in [1.29, 1.82) is 0 Å². The zero-order valence-electron chi connectivity index (χ0n) is 6.01. The molecule has 2 heteroatoms. The molecule has 0 spiro atoms. The summed E-state index contributed by atoms with van der Waals surface area (Å²) in [5, 5.41) is 0. The summed E-state index contributed by atoms with van der Waals surface area (Å²) in [4.78, 5) is 10.9. The Hall–Kier alpha value is -1.18. The summed E-state index contributed by atoms with van der Waals surface area (Å²) in [6.07, 6.45) is 0.170. The van der Waals surface area contributed by atoms with Crippen molar-refractivity contribution in [2.24, 2.45) is 0 Å². The quantitative estimate of drug-likeness (QED) is 0.592. The Morgan fingerprint density at radius 1 is 1.55 bits per heavy atom. The van der Waals surface area contributed by atoms with E-state index in [1.54, 1.807) is 6.07 Å². The number of rotatable bonds is 2. The van der Waals surface area contributed by atoms with Gasteiger partial charge in [-0.2, -0.15) is 0 Å². The van der Waals surface area contributed by atoms with E-state index in [9.17, 15) is 9.18 Å². The van der Waals surface area contributed by atoms with Gasteiger partial charge < -0.3 is 0 Å². The zero-order chi connectivity index (χ0) is 8.27. The third-order valence-electron chi connectivity index (χ3n) is 1.37. The first-order valence-corrected chi connectivity index (χ1v) is 3.32. The maximum Gasteiger partial charge on any atom is 0.162 e. The molecule has 0 bridgehead atoms. The molecular formula is C9H8FO. The van der Waals surface area contributed by atoms with Gasteiger partial charge in [0.1, 0.15) is 5.82 Å². The Bertz CT molecular complexity index is 268. The molecular weight excluding hydrogens is 143 g/mol. The van der Waals surface area contributed by atoms with E-state index in [4.69, 9.17) is 0 Å². The number of benzene rings is 1. The fraction of sp³-hybridized carbons (Fsp3) is 0.111. The Kier molecular flexibility index (Phi) is 2.36. The fourth-order valence-electron chi connectivity index (χ4n) is 0.806. The van der Waals surface area contributed by atoms with Gasteiger partial charge in [-0.25, -0.2) is 4.39 Å². The van der Waals surface area contributed by atoms with Crippen LogP contribution in [0.3, 0.4) is 0 Å². The molecule has 0 saturated carbocycles. The fourth-order valence-corrected chi connectivity index (χ4v) is 0.806. The van der Waals surface area contributed by atoms with E-state index >= 15 is 0 Å². The minimum atomic E-state index is -0.385. The molecule has 0 aliphatic heterocycles. The van der Waals surface area contributed by atoms with Crippen LogP contribution >= 0.6 is 0 Å². The van der Waals surface area contributed by atoms with Crippen LogP contribution in [0.25, 0.3) is 0 Å². The van der Waals surface area contributed by atoms with Crippen molar-refractivity contribution in [2.75, 3.05) is 0 Å². The highest BCUT2D eigenvalue weighted by atomic mass is 19.1. The molecule has 0 saturated heterocycles. The van der Waals surface area contributed by atoms with Crippen molar-refractivity contribution in [2.45, 2.75) is 6.42 Å². The number of hydrogen-bond acceptors (Lipinski definition) is 1. The van der Waals surface area contributed by atoms with E-state index < -0.39 is 0 Å². The molecule has 1 radical (unpaired) electrons. The third-order valence-corrected chi connectivity index (χ3v) is 1.37. The highest BCUT2D eigenvalue weighted by Gasteiger charge is 2.02. The smallest absolute Gasteiger partial charge is 0.162 e. The average Bonchev–Trinajstić information content (AvgIpc) is 2.03. The van der Waals surface area contributed by atoms with Crippen LogP contribution in [0, 0.1) is 12.7 Å². The van der Waals surface area contributed by atoms with Crippen LogP contribution in [0.5, 0.6) is 0 Å². The van der Waals surface area contributed by atoms with Crippen molar-refractivity contribution in [3.8, 4) is 0 Å². The van der Waals surface area contributed by atoms with Gasteiger partial charge in [0, 0.05) is 12.0 Å².